The molecule has 0 amide bonds. The standard InChI is InChI=1S/C15H29F3N2/c1-5-14(2,3)11-6-7-12(19)13(10-11)20(4)9-8-15(16,17)18/h11-13H,5-10,19H2,1-4H3. The van der Waals surface area contributed by atoms with Crippen LogP contribution in [0.25, 0.3) is 0 Å². The molecular weight excluding hydrogens is 265 g/mol. The Morgan fingerprint density at radius 2 is 1.80 bits per heavy atom. The van der Waals surface area contributed by atoms with E-state index in [1.165, 1.54) is 0 Å². The Balaban J connectivity index is 2.62. The van der Waals surface area contributed by atoms with Crippen LogP contribution in [0.2, 0.25) is 0 Å². The van der Waals surface area contributed by atoms with E-state index < -0.39 is 12.6 Å². The van der Waals surface area contributed by atoms with Gasteiger partial charge in [-0.15, -0.1) is 0 Å². The maximum Gasteiger partial charge on any atom is 0.390 e. The summed E-state index contributed by atoms with van der Waals surface area (Å²) in [5.41, 5.74) is 6.38. The summed E-state index contributed by atoms with van der Waals surface area (Å²) >= 11 is 0. The van der Waals surface area contributed by atoms with Crippen LogP contribution in [0.4, 0.5) is 13.2 Å². The number of rotatable bonds is 5. The molecule has 0 saturated heterocycles. The van der Waals surface area contributed by atoms with Crippen molar-refractivity contribution in [3.05, 3.63) is 0 Å². The van der Waals surface area contributed by atoms with Crippen molar-refractivity contribution in [2.24, 2.45) is 17.1 Å². The third-order valence-electron chi connectivity index (χ3n) is 5.20. The van der Waals surface area contributed by atoms with Gasteiger partial charge in [-0.25, -0.2) is 0 Å². The first-order valence-corrected chi connectivity index (χ1v) is 7.59. The van der Waals surface area contributed by atoms with Crippen molar-refractivity contribution < 1.29 is 13.2 Å². The number of nitrogens with two attached hydrogens (primary N) is 1. The van der Waals surface area contributed by atoms with E-state index >= 15 is 0 Å². The SMILES string of the molecule is CCC(C)(C)C1CCC(N)C(N(C)CCC(F)(F)F)C1. The summed E-state index contributed by atoms with van der Waals surface area (Å²) in [7, 11) is 1.78. The van der Waals surface area contributed by atoms with Gasteiger partial charge in [-0.1, -0.05) is 27.2 Å². The molecule has 0 aliphatic heterocycles. The molecule has 0 aromatic rings. The lowest BCUT2D eigenvalue weighted by Gasteiger charge is -2.45. The summed E-state index contributed by atoms with van der Waals surface area (Å²) in [5.74, 6) is 0.547. The van der Waals surface area contributed by atoms with E-state index in [-0.39, 0.29) is 24.0 Å². The Kier molecular flexibility index (Phi) is 5.90. The molecule has 0 radical (unpaired) electrons. The van der Waals surface area contributed by atoms with E-state index in [2.05, 4.69) is 20.8 Å². The summed E-state index contributed by atoms with van der Waals surface area (Å²) < 4.78 is 37.0. The number of hydrogen-bond acceptors (Lipinski definition) is 2. The van der Waals surface area contributed by atoms with Crippen molar-refractivity contribution >= 4 is 0 Å². The summed E-state index contributed by atoms with van der Waals surface area (Å²) in [6.45, 7) is 6.72. The fraction of sp³-hybridized carbons (Fsp3) is 1.00. The van der Waals surface area contributed by atoms with Crippen LogP contribution >= 0.6 is 0 Å². The average molecular weight is 294 g/mol. The van der Waals surface area contributed by atoms with Crippen LogP contribution in [0.5, 0.6) is 0 Å². The van der Waals surface area contributed by atoms with Crippen molar-refractivity contribution in [1.82, 2.24) is 4.90 Å². The number of hydrogen-bond donors (Lipinski definition) is 1. The first-order valence-electron chi connectivity index (χ1n) is 7.59. The molecule has 3 unspecified atom stereocenters. The van der Waals surface area contributed by atoms with Gasteiger partial charge in [0.15, 0.2) is 0 Å². The van der Waals surface area contributed by atoms with Gasteiger partial charge in [0.1, 0.15) is 0 Å². The van der Waals surface area contributed by atoms with Gasteiger partial charge in [-0.3, -0.25) is 0 Å². The Hall–Kier alpha value is -0.290. The number of halogens is 3. The lowest BCUT2D eigenvalue weighted by molar-refractivity contribution is -0.139. The first kappa shape index (κ1) is 17.8. The minimum Gasteiger partial charge on any atom is -0.326 e. The van der Waals surface area contributed by atoms with Gasteiger partial charge < -0.3 is 10.6 Å². The van der Waals surface area contributed by atoms with E-state index in [0.29, 0.717) is 5.92 Å². The minimum atomic E-state index is -4.09. The number of alkyl halides is 3. The summed E-state index contributed by atoms with van der Waals surface area (Å²) in [4.78, 5) is 1.82. The van der Waals surface area contributed by atoms with Crippen LogP contribution < -0.4 is 5.73 Å². The monoisotopic (exact) mass is 294 g/mol. The molecular formula is C15H29F3N2. The molecule has 0 bridgehead atoms. The Morgan fingerprint density at radius 3 is 2.30 bits per heavy atom. The minimum absolute atomic E-state index is 0.00265. The highest BCUT2D eigenvalue weighted by Gasteiger charge is 2.38. The van der Waals surface area contributed by atoms with E-state index in [1.54, 1.807) is 7.05 Å². The fourth-order valence-electron chi connectivity index (χ4n) is 3.14. The zero-order chi connectivity index (χ0) is 15.6. The third-order valence-corrected chi connectivity index (χ3v) is 5.20. The summed E-state index contributed by atoms with van der Waals surface area (Å²) in [6.07, 6.45) is -0.841. The molecule has 1 aliphatic rings. The first-order chi connectivity index (χ1) is 9.07. The second kappa shape index (κ2) is 6.65. The van der Waals surface area contributed by atoms with Crippen LogP contribution in [0.15, 0.2) is 0 Å². The van der Waals surface area contributed by atoms with E-state index in [9.17, 15) is 13.2 Å². The Labute approximate surface area is 120 Å². The topological polar surface area (TPSA) is 29.3 Å². The van der Waals surface area contributed by atoms with Crippen LogP contribution in [0.3, 0.4) is 0 Å². The Bertz CT molecular complexity index is 302. The molecule has 3 atom stereocenters. The smallest absolute Gasteiger partial charge is 0.326 e. The van der Waals surface area contributed by atoms with Crippen molar-refractivity contribution in [3.8, 4) is 0 Å². The third kappa shape index (κ3) is 4.92. The van der Waals surface area contributed by atoms with Gasteiger partial charge in [0.25, 0.3) is 0 Å². The highest BCUT2D eigenvalue weighted by Crippen LogP contribution is 2.41. The maximum absolute atomic E-state index is 12.3. The number of likely N-dealkylation sites (N-methyl/N-ethyl adjacent to an activating group) is 1. The molecule has 0 heterocycles. The molecule has 2 nitrogen and oxygen atoms in total. The molecule has 1 rings (SSSR count). The van der Waals surface area contributed by atoms with Gasteiger partial charge in [0.05, 0.1) is 6.42 Å². The van der Waals surface area contributed by atoms with Crippen LogP contribution in [0.1, 0.15) is 52.9 Å². The maximum atomic E-state index is 12.3. The highest BCUT2D eigenvalue weighted by atomic mass is 19.4. The van der Waals surface area contributed by atoms with Gasteiger partial charge in [-0.2, -0.15) is 13.2 Å². The average Bonchev–Trinajstić information content (AvgIpc) is 2.35. The molecule has 0 aromatic carbocycles. The molecule has 2 N–H and O–H groups in total. The lowest BCUT2D eigenvalue weighted by Crippen LogP contribution is -2.52. The molecule has 1 saturated carbocycles. The highest BCUT2D eigenvalue weighted by molar-refractivity contribution is 4.92. The molecule has 1 fully saturated rings. The van der Waals surface area contributed by atoms with Crippen molar-refractivity contribution in [1.29, 1.82) is 0 Å². The zero-order valence-corrected chi connectivity index (χ0v) is 13.1. The summed E-state index contributed by atoms with van der Waals surface area (Å²) in [5, 5.41) is 0. The van der Waals surface area contributed by atoms with Gasteiger partial charge in [0, 0.05) is 18.6 Å². The van der Waals surface area contributed by atoms with Crippen molar-refractivity contribution in [2.45, 2.75) is 71.1 Å². The quantitative estimate of drug-likeness (QED) is 0.835. The zero-order valence-electron chi connectivity index (χ0n) is 13.1. The normalized spacial score (nSPS) is 28.9. The fourth-order valence-corrected chi connectivity index (χ4v) is 3.14. The van der Waals surface area contributed by atoms with Crippen LogP contribution in [-0.4, -0.2) is 36.8 Å². The van der Waals surface area contributed by atoms with Gasteiger partial charge in [0.2, 0.25) is 0 Å². The number of nitrogens with zero attached hydrogens (tertiary/aromatic N) is 1. The molecule has 0 aromatic heterocycles. The second-order valence-corrected chi connectivity index (χ2v) is 6.93. The Morgan fingerprint density at radius 1 is 1.20 bits per heavy atom. The van der Waals surface area contributed by atoms with Gasteiger partial charge in [-0.05, 0) is 37.6 Å². The predicted molar refractivity (Wildman–Crippen MR) is 76.5 cm³/mol. The predicted octanol–water partition coefficient (Wildman–Crippen LogP) is 3.80. The molecule has 1 aliphatic carbocycles. The van der Waals surface area contributed by atoms with E-state index in [4.69, 9.17) is 5.73 Å². The van der Waals surface area contributed by atoms with E-state index in [0.717, 1.165) is 25.7 Å². The lowest BCUT2D eigenvalue weighted by atomic mass is 9.67. The summed E-state index contributed by atoms with van der Waals surface area (Å²) in [6, 6.07) is 0.0686. The van der Waals surface area contributed by atoms with Crippen molar-refractivity contribution in [3.63, 3.8) is 0 Å². The molecule has 0 spiro atoms. The van der Waals surface area contributed by atoms with Crippen LogP contribution in [0, 0.1) is 11.3 Å². The van der Waals surface area contributed by atoms with Crippen molar-refractivity contribution in [2.75, 3.05) is 13.6 Å². The van der Waals surface area contributed by atoms with Gasteiger partial charge >= 0.3 is 6.18 Å². The molecule has 120 valence electrons. The second-order valence-electron chi connectivity index (χ2n) is 6.93. The van der Waals surface area contributed by atoms with E-state index in [1.807, 2.05) is 4.90 Å². The van der Waals surface area contributed by atoms with Crippen LogP contribution in [-0.2, 0) is 0 Å². The molecule has 5 heteroatoms. The largest absolute Gasteiger partial charge is 0.390 e. The molecule has 20 heavy (non-hydrogen) atoms.